The highest BCUT2D eigenvalue weighted by atomic mass is 17.1. The minimum absolute atomic E-state index is 0.245. The molecule has 92 valence electrons. The van der Waals surface area contributed by atoms with Crippen LogP contribution in [0.2, 0.25) is 0 Å². The predicted octanol–water partition coefficient (Wildman–Crippen LogP) is 0.288. The number of carbonyl (C=O) groups is 2. The molecular formula is C11H13NO5. The van der Waals surface area contributed by atoms with E-state index in [9.17, 15) is 9.59 Å². The number of hydrogen-bond donors (Lipinski definition) is 3. The average molecular weight is 239 g/mol. The van der Waals surface area contributed by atoms with Crippen LogP contribution in [0, 0.1) is 0 Å². The first-order chi connectivity index (χ1) is 8.13. The fourth-order valence-corrected chi connectivity index (χ4v) is 1.34. The van der Waals surface area contributed by atoms with Gasteiger partial charge in [-0.25, -0.2) is 4.79 Å². The Morgan fingerprint density at radius 3 is 2.47 bits per heavy atom. The first-order valence-electron chi connectivity index (χ1n) is 4.98. The molecule has 0 amide bonds. The molecule has 0 heterocycles. The summed E-state index contributed by atoms with van der Waals surface area (Å²) < 4.78 is 0. The van der Waals surface area contributed by atoms with Crippen molar-refractivity contribution in [2.45, 2.75) is 12.5 Å². The van der Waals surface area contributed by atoms with Gasteiger partial charge in [-0.05, 0) is 12.0 Å². The highest BCUT2D eigenvalue weighted by molar-refractivity contribution is 5.76. The van der Waals surface area contributed by atoms with Gasteiger partial charge in [0.1, 0.15) is 6.04 Å². The highest BCUT2D eigenvalue weighted by Crippen LogP contribution is 2.03. The van der Waals surface area contributed by atoms with E-state index in [1.807, 2.05) is 6.07 Å². The predicted molar refractivity (Wildman–Crippen MR) is 58.3 cm³/mol. The zero-order valence-electron chi connectivity index (χ0n) is 9.00. The van der Waals surface area contributed by atoms with E-state index in [1.54, 1.807) is 24.3 Å². The minimum atomic E-state index is -1.07. The van der Waals surface area contributed by atoms with Crippen molar-refractivity contribution < 1.29 is 24.8 Å². The maximum atomic E-state index is 10.9. The average Bonchev–Trinajstić information content (AvgIpc) is 2.34. The second kappa shape index (κ2) is 6.62. The largest absolute Gasteiger partial charge is 0.480 e. The lowest BCUT2D eigenvalue weighted by molar-refractivity contribution is -0.233. The molecule has 0 radical (unpaired) electrons. The molecule has 0 saturated carbocycles. The van der Waals surface area contributed by atoms with Crippen molar-refractivity contribution in [2.75, 3.05) is 6.54 Å². The molecular weight excluding hydrogens is 226 g/mol. The molecule has 0 saturated heterocycles. The van der Waals surface area contributed by atoms with Crippen molar-refractivity contribution >= 4 is 11.9 Å². The third-order valence-corrected chi connectivity index (χ3v) is 2.18. The summed E-state index contributed by atoms with van der Waals surface area (Å²) in [6.45, 7) is -0.361. The van der Waals surface area contributed by atoms with E-state index in [0.717, 1.165) is 5.56 Å². The van der Waals surface area contributed by atoms with Crippen LogP contribution in [0.3, 0.4) is 0 Å². The van der Waals surface area contributed by atoms with Crippen molar-refractivity contribution in [1.82, 2.24) is 5.32 Å². The number of aliphatic carboxylic acids is 1. The van der Waals surface area contributed by atoms with Crippen LogP contribution in [0.25, 0.3) is 0 Å². The van der Waals surface area contributed by atoms with Crippen LogP contribution >= 0.6 is 0 Å². The minimum Gasteiger partial charge on any atom is -0.480 e. The first kappa shape index (κ1) is 13.1. The van der Waals surface area contributed by atoms with Gasteiger partial charge in [0.05, 0.1) is 6.54 Å². The second-order valence-electron chi connectivity index (χ2n) is 3.42. The topological polar surface area (TPSA) is 95.9 Å². The van der Waals surface area contributed by atoms with Crippen molar-refractivity contribution in [3.8, 4) is 0 Å². The number of benzene rings is 1. The zero-order chi connectivity index (χ0) is 12.7. The molecule has 0 aliphatic heterocycles. The van der Waals surface area contributed by atoms with Gasteiger partial charge in [0.2, 0.25) is 0 Å². The van der Waals surface area contributed by atoms with Crippen LogP contribution < -0.4 is 5.32 Å². The Balaban J connectivity index is 2.55. The molecule has 0 spiro atoms. The van der Waals surface area contributed by atoms with Gasteiger partial charge in [0.25, 0.3) is 0 Å². The van der Waals surface area contributed by atoms with E-state index in [-0.39, 0.29) is 13.0 Å². The molecule has 0 fully saturated rings. The summed E-state index contributed by atoms with van der Waals surface area (Å²) in [5, 5.41) is 19.5. The van der Waals surface area contributed by atoms with Gasteiger partial charge in [0.15, 0.2) is 0 Å². The molecule has 6 nitrogen and oxygen atoms in total. The van der Waals surface area contributed by atoms with Crippen LogP contribution in [0.15, 0.2) is 30.3 Å². The fourth-order valence-electron chi connectivity index (χ4n) is 1.34. The van der Waals surface area contributed by atoms with E-state index in [1.165, 1.54) is 0 Å². The standard InChI is InChI=1S/C11H13NO5/c13-10(17-16)7-12-9(11(14)15)6-8-4-2-1-3-5-8/h1-5,9,12,16H,6-7H2,(H,14,15). The summed E-state index contributed by atoms with van der Waals surface area (Å²) in [5.41, 5.74) is 0.838. The molecule has 1 unspecified atom stereocenters. The Labute approximate surface area is 97.8 Å². The molecule has 1 aromatic carbocycles. The van der Waals surface area contributed by atoms with Crippen LogP contribution in [-0.2, 0) is 20.9 Å². The summed E-state index contributed by atoms with van der Waals surface area (Å²) in [4.78, 5) is 25.0. The summed E-state index contributed by atoms with van der Waals surface area (Å²) >= 11 is 0. The number of nitrogens with one attached hydrogen (secondary N) is 1. The van der Waals surface area contributed by atoms with Gasteiger partial charge in [-0.3, -0.25) is 15.0 Å². The number of carboxylic acids is 1. The van der Waals surface area contributed by atoms with Gasteiger partial charge in [-0.1, -0.05) is 30.3 Å². The van der Waals surface area contributed by atoms with Gasteiger partial charge in [-0.15, -0.1) is 0 Å². The number of carbonyl (C=O) groups excluding carboxylic acids is 1. The number of hydrogen-bond acceptors (Lipinski definition) is 5. The van der Waals surface area contributed by atoms with Crippen LogP contribution in [0.5, 0.6) is 0 Å². The molecule has 0 aromatic heterocycles. The van der Waals surface area contributed by atoms with E-state index in [2.05, 4.69) is 10.2 Å². The summed E-state index contributed by atoms with van der Waals surface area (Å²) in [5.74, 6) is -2.00. The Kier molecular flexibility index (Phi) is 5.12. The van der Waals surface area contributed by atoms with Crippen LogP contribution in [0.4, 0.5) is 0 Å². The van der Waals surface area contributed by atoms with Crippen LogP contribution in [-0.4, -0.2) is 34.9 Å². The van der Waals surface area contributed by atoms with Crippen molar-refractivity contribution in [3.05, 3.63) is 35.9 Å². The van der Waals surface area contributed by atoms with Gasteiger partial charge in [0, 0.05) is 0 Å². The Hall–Kier alpha value is -1.92. The smallest absolute Gasteiger partial charge is 0.355 e. The SMILES string of the molecule is O=C(CNC(Cc1ccccc1)C(=O)O)OO. The lowest BCUT2D eigenvalue weighted by atomic mass is 10.1. The molecule has 3 N–H and O–H groups in total. The maximum absolute atomic E-state index is 10.9. The summed E-state index contributed by atoms with van der Waals surface area (Å²) in [7, 11) is 0. The molecule has 1 atom stereocenters. The van der Waals surface area contributed by atoms with Crippen molar-refractivity contribution in [3.63, 3.8) is 0 Å². The van der Waals surface area contributed by atoms with E-state index >= 15 is 0 Å². The summed E-state index contributed by atoms with van der Waals surface area (Å²) in [6.07, 6.45) is 0.245. The molecule has 1 aromatic rings. The zero-order valence-corrected chi connectivity index (χ0v) is 9.00. The third kappa shape index (κ3) is 4.62. The van der Waals surface area contributed by atoms with Gasteiger partial charge >= 0.3 is 11.9 Å². The lowest BCUT2D eigenvalue weighted by Gasteiger charge is -2.13. The van der Waals surface area contributed by atoms with Gasteiger partial charge < -0.3 is 5.11 Å². The van der Waals surface area contributed by atoms with Crippen LogP contribution in [0.1, 0.15) is 5.56 Å². The molecule has 0 aliphatic carbocycles. The summed E-state index contributed by atoms with van der Waals surface area (Å²) in [6, 6.07) is 8.11. The highest BCUT2D eigenvalue weighted by Gasteiger charge is 2.18. The van der Waals surface area contributed by atoms with E-state index in [0.29, 0.717) is 0 Å². The normalized spacial score (nSPS) is 11.8. The molecule has 0 bridgehead atoms. The third-order valence-electron chi connectivity index (χ3n) is 2.18. The Morgan fingerprint density at radius 2 is 1.94 bits per heavy atom. The number of rotatable bonds is 6. The Bertz CT molecular complexity index is 379. The van der Waals surface area contributed by atoms with Gasteiger partial charge in [-0.2, -0.15) is 5.26 Å². The molecule has 0 aliphatic rings. The molecule has 17 heavy (non-hydrogen) atoms. The van der Waals surface area contributed by atoms with Crippen molar-refractivity contribution in [2.24, 2.45) is 0 Å². The number of carboxylic acid groups (broad SMARTS) is 1. The maximum Gasteiger partial charge on any atom is 0.355 e. The molecule has 1 rings (SSSR count). The van der Waals surface area contributed by atoms with E-state index in [4.69, 9.17) is 10.4 Å². The monoisotopic (exact) mass is 239 g/mol. The van der Waals surface area contributed by atoms with E-state index < -0.39 is 18.0 Å². The first-order valence-corrected chi connectivity index (χ1v) is 4.98. The second-order valence-corrected chi connectivity index (χ2v) is 3.42. The fraction of sp³-hybridized carbons (Fsp3) is 0.273. The Morgan fingerprint density at radius 1 is 1.29 bits per heavy atom. The lowest BCUT2D eigenvalue weighted by Crippen LogP contribution is -2.41. The molecule has 6 heteroatoms. The quantitative estimate of drug-likeness (QED) is 0.487. The van der Waals surface area contributed by atoms with Crippen molar-refractivity contribution in [1.29, 1.82) is 0 Å².